The second-order valence-electron chi connectivity index (χ2n) is 5.96. The Morgan fingerprint density at radius 2 is 1.67 bits per heavy atom. The highest BCUT2D eigenvalue weighted by Gasteiger charge is 2.36. The first-order chi connectivity index (χ1) is 8.39. The first kappa shape index (κ1) is 14.2. The average molecular weight is 287 g/mol. The zero-order valence-electron chi connectivity index (χ0n) is 10.9. The lowest BCUT2D eigenvalue weighted by molar-refractivity contribution is -0.0304. The summed E-state index contributed by atoms with van der Waals surface area (Å²) in [5.41, 5.74) is 0.218. The molecule has 0 saturated heterocycles. The summed E-state index contributed by atoms with van der Waals surface area (Å²) in [6, 6.07) is 5.51. The van der Waals surface area contributed by atoms with Gasteiger partial charge in [0, 0.05) is 16.5 Å². The van der Waals surface area contributed by atoms with Crippen molar-refractivity contribution in [3.63, 3.8) is 0 Å². The molecule has 1 aromatic rings. The first-order valence-electron chi connectivity index (χ1n) is 6.55. The van der Waals surface area contributed by atoms with Gasteiger partial charge in [-0.25, -0.2) is 0 Å². The molecular formula is C15H20Cl2O. The van der Waals surface area contributed by atoms with Crippen molar-refractivity contribution in [1.29, 1.82) is 0 Å². The molecule has 18 heavy (non-hydrogen) atoms. The second kappa shape index (κ2) is 5.40. The van der Waals surface area contributed by atoms with Gasteiger partial charge in [0.25, 0.3) is 0 Å². The van der Waals surface area contributed by atoms with Crippen LogP contribution in [0.5, 0.6) is 0 Å². The molecule has 0 amide bonds. The minimum atomic E-state index is -0.661. The molecule has 0 radical (unpaired) electrons. The van der Waals surface area contributed by atoms with Gasteiger partial charge < -0.3 is 5.11 Å². The molecule has 1 nitrogen and oxygen atoms in total. The van der Waals surface area contributed by atoms with E-state index in [1.807, 2.05) is 18.2 Å². The Morgan fingerprint density at radius 1 is 1.17 bits per heavy atom. The lowest BCUT2D eigenvalue weighted by atomic mass is 9.71. The SMILES string of the molecule is CC1CC(C)CC(O)(Cc2c(Cl)cccc2Cl)C1. The van der Waals surface area contributed by atoms with Crippen molar-refractivity contribution >= 4 is 23.2 Å². The Morgan fingerprint density at radius 3 is 2.17 bits per heavy atom. The molecule has 2 atom stereocenters. The standard InChI is InChI=1S/C15H20Cl2O/c1-10-6-11(2)8-15(18,7-10)9-12-13(16)4-3-5-14(12)17/h3-5,10-11,18H,6-9H2,1-2H3. The van der Waals surface area contributed by atoms with Crippen molar-refractivity contribution in [2.24, 2.45) is 11.8 Å². The molecular weight excluding hydrogens is 267 g/mol. The van der Waals surface area contributed by atoms with Crippen LogP contribution in [0, 0.1) is 11.8 Å². The van der Waals surface area contributed by atoms with E-state index >= 15 is 0 Å². The quantitative estimate of drug-likeness (QED) is 0.834. The minimum absolute atomic E-state index is 0.556. The predicted molar refractivity (Wildman–Crippen MR) is 77.3 cm³/mol. The molecule has 1 N–H and O–H groups in total. The molecule has 0 aliphatic heterocycles. The third-order valence-corrected chi connectivity index (χ3v) is 4.54. The number of aliphatic hydroxyl groups is 1. The number of rotatable bonds is 2. The molecule has 0 heterocycles. The summed E-state index contributed by atoms with van der Waals surface area (Å²) in [7, 11) is 0. The maximum absolute atomic E-state index is 10.8. The van der Waals surface area contributed by atoms with Crippen LogP contribution in [-0.2, 0) is 6.42 Å². The third-order valence-electron chi connectivity index (χ3n) is 3.83. The molecule has 3 heteroatoms. The fourth-order valence-electron chi connectivity index (χ4n) is 3.41. The van der Waals surface area contributed by atoms with Crippen LogP contribution in [0.2, 0.25) is 10.0 Å². The van der Waals surface area contributed by atoms with Gasteiger partial charge in [0.2, 0.25) is 0 Å². The van der Waals surface area contributed by atoms with E-state index < -0.39 is 5.60 Å². The molecule has 2 unspecified atom stereocenters. The number of halogens is 2. The van der Waals surface area contributed by atoms with Crippen LogP contribution in [0.3, 0.4) is 0 Å². The summed E-state index contributed by atoms with van der Waals surface area (Å²) in [6.07, 6.45) is 3.41. The average Bonchev–Trinajstić information content (AvgIpc) is 2.21. The maximum atomic E-state index is 10.8. The maximum Gasteiger partial charge on any atom is 0.0694 e. The topological polar surface area (TPSA) is 20.2 Å². The fourth-order valence-corrected chi connectivity index (χ4v) is 3.94. The van der Waals surface area contributed by atoms with E-state index in [0.29, 0.717) is 28.3 Å². The van der Waals surface area contributed by atoms with Gasteiger partial charge in [0.1, 0.15) is 0 Å². The van der Waals surface area contributed by atoms with E-state index in [9.17, 15) is 5.11 Å². The zero-order chi connectivity index (χ0) is 13.3. The summed E-state index contributed by atoms with van der Waals surface area (Å²) in [6.45, 7) is 4.41. The van der Waals surface area contributed by atoms with Crippen LogP contribution in [0.25, 0.3) is 0 Å². The summed E-state index contributed by atoms with van der Waals surface area (Å²) < 4.78 is 0. The Labute approximate surface area is 119 Å². The van der Waals surface area contributed by atoms with Gasteiger partial charge in [-0.1, -0.05) is 43.1 Å². The van der Waals surface area contributed by atoms with Gasteiger partial charge in [-0.2, -0.15) is 0 Å². The normalized spacial score (nSPS) is 32.5. The van der Waals surface area contributed by atoms with Gasteiger partial charge in [0.05, 0.1) is 5.60 Å². The molecule has 0 bridgehead atoms. The van der Waals surface area contributed by atoms with E-state index in [0.717, 1.165) is 18.4 Å². The largest absolute Gasteiger partial charge is 0.390 e. The second-order valence-corrected chi connectivity index (χ2v) is 6.77. The highest BCUT2D eigenvalue weighted by atomic mass is 35.5. The van der Waals surface area contributed by atoms with Crippen molar-refractivity contribution in [2.45, 2.75) is 45.1 Å². The van der Waals surface area contributed by atoms with Gasteiger partial charge >= 0.3 is 0 Å². The summed E-state index contributed by atoms with van der Waals surface area (Å²) in [5, 5.41) is 12.1. The minimum Gasteiger partial charge on any atom is -0.390 e. The lowest BCUT2D eigenvalue weighted by Crippen LogP contribution is -2.40. The Balaban J connectivity index is 2.22. The van der Waals surface area contributed by atoms with Crippen molar-refractivity contribution < 1.29 is 5.11 Å². The van der Waals surface area contributed by atoms with E-state index in [4.69, 9.17) is 23.2 Å². The smallest absolute Gasteiger partial charge is 0.0694 e. The van der Waals surface area contributed by atoms with Crippen LogP contribution in [0.4, 0.5) is 0 Å². The first-order valence-corrected chi connectivity index (χ1v) is 7.30. The molecule has 0 spiro atoms. The van der Waals surface area contributed by atoms with Crippen LogP contribution in [0.1, 0.15) is 38.7 Å². The third kappa shape index (κ3) is 3.20. The van der Waals surface area contributed by atoms with E-state index in [2.05, 4.69) is 13.8 Å². The van der Waals surface area contributed by atoms with E-state index in [1.54, 1.807) is 0 Å². The van der Waals surface area contributed by atoms with Crippen molar-refractivity contribution in [1.82, 2.24) is 0 Å². The molecule has 1 aromatic carbocycles. The van der Waals surface area contributed by atoms with Crippen molar-refractivity contribution in [3.8, 4) is 0 Å². The van der Waals surface area contributed by atoms with Crippen LogP contribution >= 0.6 is 23.2 Å². The molecule has 2 rings (SSSR count). The van der Waals surface area contributed by atoms with Gasteiger partial charge in [0.15, 0.2) is 0 Å². The molecule has 1 aliphatic rings. The summed E-state index contributed by atoms with van der Waals surface area (Å²) >= 11 is 12.4. The van der Waals surface area contributed by atoms with E-state index in [-0.39, 0.29) is 0 Å². The Kier molecular flexibility index (Phi) is 4.25. The van der Waals surface area contributed by atoms with E-state index in [1.165, 1.54) is 6.42 Å². The molecule has 0 aromatic heterocycles. The van der Waals surface area contributed by atoms with Gasteiger partial charge in [-0.15, -0.1) is 0 Å². The van der Waals surface area contributed by atoms with Crippen molar-refractivity contribution in [3.05, 3.63) is 33.8 Å². The zero-order valence-corrected chi connectivity index (χ0v) is 12.4. The lowest BCUT2D eigenvalue weighted by Gasteiger charge is -2.39. The van der Waals surface area contributed by atoms with Crippen molar-refractivity contribution in [2.75, 3.05) is 0 Å². The predicted octanol–water partition coefficient (Wildman–Crippen LogP) is 4.72. The Bertz CT molecular complexity index is 400. The van der Waals surface area contributed by atoms with Gasteiger partial charge in [-0.05, 0) is 48.8 Å². The number of hydrogen-bond donors (Lipinski definition) is 1. The van der Waals surface area contributed by atoms with Crippen LogP contribution in [-0.4, -0.2) is 10.7 Å². The van der Waals surface area contributed by atoms with Crippen LogP contribution in [0.15, 0.2) is 18.2 Å². The number of hydrogen-bond acceptors (Lipinski definition) is 1. The highest BCUT2D eigenvalue weighted by Crippen LogP contribution is 2.40. The molecule has 1 aliphatic carbocycles. The molecule has 1 fully saturated rings. The Hall–Kier alpha value is -0.240. The number of benzene rings is 1. The molecule has 1 saturated carbocycles. The summed E-state index contributed by atoms with van der Waals surface area (Å²) in [4.78, 5) is 0. The highest BCUT2D eigenvalue weighted by molar-refractivity contribution is 6.36. The fraction of sp³-hybridized carbons (Fsp3) is 0.600. The molecule has 100 valence electrons. The van der Waals surface area contributed by atoms with Gasteiger partial charge in [-0.3, -0.25) is 0 Å². The summed E-state index contributed by atoms with van der Waals surface area (Å²) in [5.74, 6) is 1.11. The van der Waals surface area contributed by atoms with Crippen LogP contribution < -0.4 is 0 Å². The monoisotopic (exact) mass is 286 g/mol.